The number of amides is 1. The van der Waals surface area contributed by atoms with E-state index in [1.807, 2.05) is 38.1 Å². The number of anilines is 1. The fourth-order valence-electron chi connectivity index (χ4n) is 2.99. The molecule has 1 N–H and O–H groups in total. The van der Waals surface area contributed by atoms with Crippen LogP contribution in [0.2, 0.25) is 0 Å². The van der Waals surface area contributed by atoms with Gasteiger partial charge in [0.2, 0.25) is 0 Å². The summed E-state index contributed by atoms with van der Waals surface area (Å²) in [5.41, 5.74) is 0.117. The van der Waals surface area contributed by atoms with E-state index in [-0.39, 0.29) is 5.91 Å². The van der Waals surface area contributed by atoms with E-state index in [1.54, 1.807) is 0 Å². The van der Waals surface area contributed by atoms with Gasteiger partial charge in [0, 0.05) is 12.3 Å². The number of carbonyl (C=O) groups excluding carboxylic acids is 1. The van der Waals surface area contributed by atoms with Gasteiger partial charge in [-0.05, 0) is 69.7 Å². The Kier molecular flexibility index (Phi) is 5.83. The largest absolute Gasteiger partial charge is 0.494 e. The van der Waals surface area contributed by atoms with E-state index in [0.717, 1.165) is 37.1 Å². The monoisotopic (exact) mass is 305 g/mol. The third-order valence-electron chi connectivity index (χ3n) is 4.34. The maximum absolute atomic E-state index is 12.7. The fourth-order valence-corrected chi connectivity index (χ4v) is 2.99. The van der Waals surface area contributed by atoms with Gasteiger partial charge in [0.05, 0.1) is 6.61 Å². The summed E-state index contributed by atoms with van der Waals surface area (Å²) in [4.78, 5) is 12.7. The maximum Gasteiger partial charge on any atom is 0.256 e. The molecular weight excluding hydrogens is 278 g/mol. The molecule has 1 aromatic rings. The smallest absolute Gasteiger partial charge is 0.256 e. The van der Waals surface area contributed by atoms with Crippen LogP contribution in [0.1, 0.15) is 46.5 Å². The Hall–Kier alpha value is -1.55. The van der Waals surface area contributed by atoms with Crippen LogP contribution in [0.5, 0.6) is 5.75 Å². The van der Waals surface area contributed by atoms with E-state index in [0.29, 0.717) is 19.1 Å². The van der Waals surface area contributed by atoms with Gasteiger partial charge in [0.1, 0.15) is 11.4 Å². The first-order valence-corrected chi connectivity index (χ1v) is 8.28. The fraction of sp³-hybridized carbons (Fsp3) is 0.611. The summed E-state index contributed by atoms with van der Waals surface area (Å²) in [5, 5.41) is 3.00. The summed E-state index contributed by atoms with van der Waals surface area (Å²) >= 11 is 0. The van der Waals surface area contributed by atoms with Crippen LogP contribution in [0.4, 0.5) is 5.69 Å². The molecule has 0 heterocycles. The van der Waals surface area contributed by atoms with Crippen LogP contribution in [-0.2, 0) is 9.53 Å². The topological polar surface area (TPSA) is 47.6 Å². The highest BCUT2D eigenvalue weighted by molar-refractivity contribution is 5.97. The molecule has 1 fully saturated rings. The zero-order chi connectivity index (χ0) is 16.0. The molecule has 0 saturated heterocycles. The molecular formula is C18H27NO3. The van der Waals surface area contributed by atoms with Crippen LogP contribution in [0, 0.1) is 5.92 Å². The zero-order valence-electron chi connectivity index (χ0n) is 13.9. The lowest BCUT2D eigenvalue weighted by atomic mass is 9.78. The Labute approximate surface area is 133 Å². The minimum Gasteiger partial charge on any atom is -0.494 e. The molecule has 22 heavy (non-hydrogen) atoms. The van der Waals surface area contributed by atoms with Gasteiger partial charge in [-0.25, -0.2) is 0 Å². The predicted octanol–water partition coefficient (Wildman–Crippen LogP) is 4.01. The minimum atomic E-state index is -0.667. The summed E-state index contributed by atoms with van der Waals surface area (Å²) in [6, 6.07) is 7.48. The number of rotatable bonds is 6. The lowest BCUT2D eigenvalue weighted by Gasteiger charge is -2.37. The molecule has 2 rings (SSSR count). The molecule has 0 spiro atoms. The SMILES string of the molecule is CCOc1ccc(NC(=O)C2(OCC)CCC(C)CC2)cc1. The van der Waals surface area contributed by atoms with Crippen molar-refractivity contribution in [3.8, 4) is 5.75 Å². The predicted molar refractivity (Wildman–Crippen MR) is 88.2 cm³/mol. The van der Waals surface area contributed by atoms with Crippen LogP contribution in [0.15, 0.2) is 24.3 Å². The van der Waals surface area contributed by atoms with E-state index < -0.39 is 5.60 Å². The van der Waals surface area contributed by atoms with Crippen molar-refractivity contribution in [2.45, 2.75) is 52.1 Å². The molecule has 1 amide bonds. The normalized spacial score (nSPS) is 24.8. The molecule has 0 radical (unpaired) electrons. The second-order valence-corrected chi connectivity index (χ2v) is 6.02. The molecule has 0 unspecified atom stereocenters. The van der Waals surface area contributed by atoms with Crippen molar-refractivity contribution in [1.29, 1.82) is 0 Å². The van der Waals surface area contributed by atoms with Crippen molar-refractivity contribution < 1.29 is 14.3 Å². The number of hydrogen-bond acceptors (Lipinski definition) is 3. The first-order chi connectivity index (χ1) is 10.6. The molecule has 1 aliphatic rings. The summed E-state index contributed by atoms with van der Waals surface area (Å²) in [7, 11) is 0. The average molecular weight is 305 g/mol. The molecule has 4 heteroatoms. The highest BCUT2D eigenvalue weighted by Crippen LogP contribution is 2.35. The lowest BCUT2D eigenvalue weighted by molar-refractivity contribution is -0.146. The van der Waals surface area contributed by atoms with Crippen LogP contribution < -0.4 is 10.1 Å². The van der Waals surface area contributed by atoms with Gasteiger partial charge in [-0.1, -0.05) is 6.92 Å². The van der Waals surface area contributed by atoms with E-state index in [2.05, 4.69) is 12.2 Å². The first-order valence-electron chi connectivity index (χ1n) is 8.28. The molecule has 122 valence electrons. The summed E-state index contributed by atoms with van der Waals surface area (Å²) in [6.45, 7) is 7.33. The minimum absolute atomic E-state index is 0.0228. The number of ether oxygens (including phenoxy) is 2. The van der Waals surface area contributed by atoms with Gasteiger partial charge in [0.25, 0.3) is 5.91 Å². The second-order valence-electron chi connectivity index (χ2n) is 6.02. The standard InChI is InChI=1S/C18H27NO3/c1-4-21-16-8-6-15(7-9-16)19-17(20)18(22-5-2)12-10-14(3)11-13-18/h6-9,14H,4-5,10-13H2,1-3H3,(H,19,20). The van der Waals surface area contributed by atoms with Crippen molar-refractivity contribution in [3.05, 3.63) is 24.3 Å². The van der Waals surface area contributed by atoms with Crippen LogP contribution in [0.25, 0.3) is 0 Å². The average Bonchev–Trinajstić information content (AvgIpc) is 2.52. The molecule has 0 atom stereocenters. The Morgan fingerprint density at radius 3 is 2.36 bits per heavy atom. The molecule has 4 nitrogen and oxygen atoms in total. The molecule has 0 aliphatic heterocycles. The third-order valence-corrected chi connectivity index (χ3v) is 4.34. The van der Waals surface area contributed by atoms with Gasteiger partial charge < -0.3 is 14.8 Å². The Balaban J connectivity index is 2.04. The van der Waals surface area contributed by atoms with Crippen molar-refractivity contribution in [2.75, 3.05) is 18.5 Å². The molecule has 1 aliphatic carbocycles. The highest BCUT2D eigenvalue weighted by atomic mass is 16.5. The van der Waals surface area contributed by atoms with E-state index in [1.165, 1.54) is 0 Å². The Morgan fingerprint density at radius 2 is 1.82 bits per heavy atom. The summed E-state index contributed by atoms with van der Waals surface area (Å²) < 4.78 is 11.3. The van der Waals surface area contributed by atoms with E-state index >= 15 is 0 Å². The van der Waals surface area contributed by atoms with Gasteiger partial charge in [-0.15, -0.1) is 0 Å². The van der Waals surface area contributed by atoms with Gasteiger partial charge in [-0.3, -0.25) is 4.79 Å². The quantitative estimate of drug-likeness (QED) is 0.864. The van der Waals surface area contributed by atoms with Crippen LogP contribution >= 0.6 is 0 Å². The van der Waals surface area contributed by atoms with Gasteiger partial charge >= 0.3 is 0 Å². The number of nitrogens with one attached hydrogen (secondary N) is 1. The third kappa shape index (κ3) is 4.01. The van der Waals surface area contributed by atoms with Crippen LogP contribution in [0.3, 0.4) is 0 Å². The number of benzene rings is 1. The number of carbonyl (C=O) groups is 1. The Bertz CT molecular complexity index is 476. The first kappa shape index (κ1) is 16.8. The highest BCUT2D eigenvalue weighted by Gasteiger charge is 2.41. The van der Waals surface area contributed by atoms with Crippen molar-refractivity contribution in [1.82, 2.24) is 0 Å². The lowest BCUT2D eigenvalue weighted by Crippen LogP contribution is -2.48. The van der Waals surface area contributed by atoms with Crippen molar-refractivity contribution in [2.24, 2.45) is 5.92 Å². The van der Waals surface area contributed by atoms with E-state index in [4.69, 9.17) is 9.47 Å². The van der Waals surface area contributed by atoms with Gasteiger partial charge in [0.15, 0.2) is 0 Å². The summed E-state index contributed by atoms with van der Waals surface area (Å²) in [6.07, 6.45) is 3.67. The molecule has 0 bridgehead atoms. The Morgan fingerprint density at radius 1 is 1.18 bits per heavy atom. The van der Waals surface area contributed by atoms with Crippen molar-refractivity contribution >= 4 is 11.6 Å². The van der Waals surface area contributed by atoms with Gasteiger partial charge in [-0.2, -0.15) is 0 Å². The van der Waals surface area contributed by atoms with Crippen molar-refractivity contribution in [3.63, 3.8) is 0 Å². The van der Waals surface area contributed by atoms with E-state index in [9.17, 15) is 4.79 Å². The molecule has 1 aromatic carbocycles. The zero-order valence-corrected chi connectivity index (χ0v) is 13.9. The second kappa shape index (κ2) is 7.63. The maximum atomic E-state index is 12.7. The van der Waals surface area contributed by atoms with Crippen LogP contribution in [-0.4, -0.2) is 24.7 Å². The molecule has 0 aromatic heterocycles. The number of hydrogen-bond donors (Lipinski definition) is 1. The summed E-state index contributed by atoms with van der Waals surface area (Å²) in [5.74, 6) is 1.46. The molecule has 1 saturated carbocycles.